The molecule has 6 rings (SSSR count). The number of aliphatic hydroxyl groups is 1. The predicted octanol–water partition coefficient (Wildman–Crippen LogP) is 2.73. The summed E-state index contributed by atoms with van der Waals surface area (Å²) in [4.78, 5) is 11.4. The first-order chi connectivity index (χ1) is 13.4. The van der Waals surface area contributed by atoms with Crippen molar-refractivity contribution < 1.29 is 28.2 Å². The maximum Gasteiger partial charge on any atom is 0.422 e. The van der Waals surface area contributed by atoms with Gasteiger partial charge in [-0.3, -0.25) is 9.48 Å². The summed E-state index contributed by atoms with van der Waals surface area (Å²) in [5, 5.41) is 31.6. The van der Waals surface area contributed by atoms with Crippen molar-refractivity contribution in [3.63, 3.8) is 0 Å². The largest absolute Gasteiger partial charge is 0.481 e. The zero-order chi connectivity index (χ0) is 21.0. The minimum atomic E-state index is -4.89. The Morgan fingerprint density at radius 2 is 1.97 bits per heavy atom. The third-order valence-corrected chi connectivity index (χ3v) is 6.93. The van der Waals surface area contributed by atoms with E-state index in [4.69, 9.17) is 0 Å². The van der Waals surface area contributed by atoms with Crippen molar-refractivity contribution in [3.05, 3.63) is 29.2 Å². The normalized spacial score (nSPS) is 31.7. The average Bonchev–Trinajstić information content (AvgIpc) is 2.94. The number of hydrogen-bond donors (Lipinski definition) is 2. The van der Waals surface area contributed by atoms with Gasteiger partial charge in [0.15, 0.2) is 0 Å². The van der Waals surface area contributed by atoms with Crippen molar-refractivity contribution in [2.45, 2.75) is 62.8 Å². The molecule has 3 heterocycles. The lowest BCUT2D eigenvalue weighted by Crippen LogP contribution is -2.68. The number of halogens is 3. The quantitative estimate of drug-likeness (QED) is 0.810. The standard InChI is InChI=1S/C19H19F3N4O3/c1-9-5-26-11(3-12(25-26)17-6-18(7-17,8-17)15(27)28)10-4-23-24-14(13(9)10)16(2,29)19(20,21)22/h3-4,9,29H,5-8H2,1-2H3,(H,27,28)/t9-,16+,17?,18?/m0/s1. The van der Waals surface area contributed by atoms with Crippen LogP contribution in [0.5, 0.6) is 0 Å². The summed E-state index contributed by atoms with van der Waals surface area (Å²) < 4.78 is 42.1. The van der Waals surface area contributed by atoms with Crippen LogP contribution >= 0.6 is 0 Å². The summed E-state index contributed by atoms with van der Waals surface area (Å²) >= 11 is 0. The first-order valence-electron chi connectivity index (χ1n) is 9.38. The third-order valence-electron chi connectivity index (χ3n) is 6.93. The Hall–Kier alpha value is -2.49. The van der Waals surface area contributed by atoms with Gasteiger partial charge in [-0.15, -0.1) is 0 Å². The van der Waals surface area contributed by atoms with E-state index in [0.717, 1.165) is 5.69 Å². The number of aromatic nitrogens is 4. The van der Waals surface area contributed by atoms with Crippen LogP contribution in [-0.2, 0) is 22.4 Å². The zero-order valence-corrected chi connectivity index (χ0v) is 15.8. The Labute approximate surface area is 163 Å². The van der Waals surface area contributed by atoms with Crippen molar-refractivity contribution >= 4 is 5.97 Å². The topological polar surface area (TPSA) is 101 Å². The number of fused-ring (bicyclic) bond motifs is 3. The lowest BCUT2D eigenvalue weighted by molar-refractivity contribution is -0.260. The maximum absolute atomic E-state index is 13.4. The minimum Gasteiger partial charge on any atom is -0.481 e. The van der Waals surface area contributed by atoms with E-state index in [9.17, 15) is 28.2 Å². The SMILES string of the molecule is C[C@H]1Cn2nc(C34CC(C(=O)O)(C3)C4)cc2-c2cnnc([C@@](C)(O)C(F)(F)F)c21. The summed E-state index contributed by atoms with van der Waals surface area (Å²) in [6, 6.07) is 1.82. The fourth-order valence-corrected chi connectivity index (χ4v) is 5.26. The summed E-state index contributed by atoms with van der Waals surface area (Å²) in [5.41, 5.74) is -2.32. The Bertz CT molecular complexity index is 1040. The number of carboxylic acids is 1. The number of alkyl halides is 3. The van der Waals surface area contributed by atoms with E-state index in [1.54, 1.807) is 11.6 Å². The van der Waals surface area contributed by atoms with Gasteiger partial charge in [0, 0.05) is 23.4 Å². The van der Waals surface area contributed by atoms with Gasteiger partial charge in [-0.05, 0) is 37.8 Å². The van der Waals surface area contributed by atoms with Crippen molar-refractivity contribution in [1.29, 1.82) is 0 Å². The van der Waals surface area contributed by atoms with E-state index < -0.39 is 28.9 Å². The molecule has 2 aromatic heterocycles. The Balaban J connectivity index is 1.58. The molecule has 29 heavy (non-hydrogen) atoms. The van der Waals surface area contributed by atoms with Gasteiger partial charge in [0.25, 0.3) is 0 Å². The molecular formula is C19H19F3N4O3. The molecule has 2 bridgehead atoms. The minimum absolute atomic E-state index is 0.257. The molecule has 0 aromatic carbocycles. The second-order valence-corrected chi connectivity index (χ2v) is 8.98. The lowest BCUT2D eigenvalue weighted by Gasteiger charge is -2.67. The Kier molecular flexibility index (Phi) is 3.30. The van der Waals surface area contributed by atoms with E-state index in [0.29, 0.717) is 49.6 Å². The monoisotopic (exact) mass is 408 g/mol. The molecule has 0 radical (unpaired) electrons. The smallest absolute Gasteiger partial charge is 0.422 e. The van der Waals surface area contributed by atoms with E-state index in [2.05, 4.69) is 15.3 Å². The van der Waals surface area contributed by atoms with E-state index in [1.807, 2.05) is 6.07 Å². The molecular weight excluding hydrogens is 389 g/mol. The van der Waals surface area contributed by atoms with Crippen molar-refractivity contribution in [2.75, 3.05) is 0 Å². The zero-order valence-electron chi connectivity index (χ0n) is 15.8. The fraction of sp³-hybridized carbons (Fsp3) is 0.579. The van der Waals surface area contributed by atoms with Crippen LogP contribution in [0.2, 0.25) is 0 Å². The molecule has 10 heteroatoms. The summed E-state index contributed by atoms with van der Waals surface area (Å²) in [7, 11) is 0. The number of rotatable bonds is 3. The Morgan fingerprint density at radius 1 is 1.31 bits per heavy atom. The molecule has 3 saturated carbocycles. The first-order valence-corrected chi connectivity index (χ1v) is 9.38. The van der Waals surface area contributed by atoms with Crippen LogP contribution in [0.25, 0.3) is 11.3 Å². The molecule has 3 aliphatic carbocycles. The predicted molar refractivity (Wildman–Crippen MR) is 92.9 cm³/mol. The fourth-order valence-electron chi connectivity index (χ4n) is 5.26. The van der Waals surface area contributed by atoms with Crippen molar-refractivity contribution in [2.24, 2.45) is 5.41 Å². The van der Waals surface area contributed by atoms with E-state index in [1.165, 1.54) is 6.20 Å². The highest BCUT2D eigenvalue weighted by molar-refractivity contribution is 5.81. The molecule has 2 aromatic rings. The van der Waals surface area contributed by atoms with E-state index >= 15 is 0 Å². The van der Waals surface area contributed by atoms with E-state index in [-0.39, 0.29) is 11.3 Å². The highest BCUT2D eigenvalue weighted by atomic mass is 19.4. The molecule has 2 atom stereocenters. The molecule has 3 fully saturated rings. The van der Waals surface area contributed by atoms with Crippen molar-refractivity contribution in [1.82, 2.24) is 20.0 Å². The van der Waals surface area contributed by atoms with Gasteiger partial charge in [-0.1, -0.05) is 6.92 Å². The second-order valence-electron chi connectivity index (χ2n) is 8.98. The van der Waals surface area contributed by atoms with Gasteiger partial charge in [-0.25, -0.2) is 0 Å². The molecule has 0 saturated heterocycles. The van der Waals surface area contributed by atoms with Crippen LogP contribution in [0, 0.1) is 5.41 Å². The van der Waals surface area contributed by atoms with Crippen LogP contribution < -0.4 is 0 Å². The van der Waals surface area contributed by atoms with Crippen LogP contribution in [-0.4, -0.2) is 42.3 Å². The molecule has 4 aliphatic rings. The Morgan fingerprint density at radius 3 is 2.55 bits per heavy atom. The van der Waals surface area contributed by atoms with Gasteiger partial charge in [0.1, 0.15) is 5.69 Å². The molecule has 0 unspecified atom stereocenters. The number of carboxylic acid groups (broad SMARTS) is 1. The van der Waals surface area contributed by atoms with Gasteiger partial charge in [0.05, 0.1) is 23.0 Å². The lowest BCUT2D eigenvalue weighted by atomic mass is 9.34. The molecule has 7 nitrogen and oxygen atoms in total. The molecule has 2 N–H and O–H groups in total. The molecule has 154 valence electrons. The number of aliphatic carboxylic acids is 1. The van der Waals surface area contributed by atoms with Crippen LogP contribution in [0.4, 0.5) is 13.2 Å². The van der Waals surface area contributed by atoms with Crippen LogP contribution in [0.1, 0.15) is 56.0 Å². The van der Waals surface area contributed by atoms with Crippen LogP contribution in [0.15, 0.2) is 12.3 Å². The van der Waals surface area contributed by atoms with Crippen LogP contribution in [0.3, 0.4) is 0 Å². The molecule has 0 amide bonds. The number of hydrogen-bond acceptors (Lipinski definition) is 5. The maximum atomic E-state index is 13.4. The van der Waals surface area contributed by atoms with Crippen molar-refractivity contribution in [3.8, 4) is 11.3 Å². The molecule has 0 spiro atoms. The van der Waals surface area contributed by atoms with Gasteiger partial charge in [-0.2, -0.15) is 28.5 Å². The van der Waals surface area contributed by atoms with Gasteiger partial charge < -0.3 is 10.2 Å². The molecule has 1 aliphatic heterocycles. The van der Waals surface area contributed by atoms with Gasteiger partial charge >= 0.3 is 12.1 Å². The highest BCUT2D eigenvalue weighted by Gasteiger charge is 2.73. The highest BCUT2D eigenvalue weighted by Crippen LogP contribution is 2.73. The van der Waals surface area contributed by atoms with Gasteiger partial charge in [0.2, 0.25) is 5.60 Å². The average molecular weight is 408 g/mol. The summed E-state index contributed by atoms with van der Waals surface area (Å²) in [5.74, 6) is -1.14. The number of carbonyl (C=O) groups is 1. The number of nitrogens with zero attached hydrogens (tertiary/aromatic N) is 4. The third kappa shape index (κ3) is 2.18. The summed E-state index contributed by atoms with van der Waals surface area (Å²) in [6.07, 6.45) is -1.88. The summed E-state index contributed by atoms with van der Waals surface area (Å²) in [6.45, 7) is 2.80. The first kappa shape index (κ1) is 18.5. The second kappa shape index (κ2) is 5.16.